The van der Waals surface area contributed by atoms with Gasteiger partial charge in [0, 0.05) is 58.5 Å². The summed E-state index contributed by atoms with van der Waals surface area (Å²) < 4.78 is 11.6. The van der Waals surface area contributed by atoms with E-state index in [0.29, 0.717) is 0 Å². The van der Waals surface area contributed by atoms with Crippen LogP contribution in [0.15, 0.2) is 182 Å². The molecule has 3 heteroatoms. The summed E-state index contributed by atoms with van der Waals surface area (Å²) in [5.74, 6) is 0.989. The summed E-state index contributed by atoms with van der Waals surface area (Å²) in [4.78, 5) is 0. The van der Waals surface area contributed by atoms with Gasteiger partial charge in [-0.3, -0.25) is 0 Å². The number of hydrogen-bond acceptors (Lipinski definition) is 2. The smallest absolute Gasteiger partial charge is 0.143 e. The molecule has 0 fully saturated rings. The summed E-state index contributed by atoms with van der Waals surface area (Å²) in [5.41, 5.74) is 10.6. The lowest BCUT2D eigenvalue weighted by Gasteiger charge is -2.09. The molecule has 0 aliphatic heterocycles. The van der Waals surface area contributed by atoms with E-state index in [1.165, 1.54) is 91.6 Å². The molecule has 52 heavy (non-hydrogen) atoms. The first-order valence-electron chi connectivity index (χ1n) is 17.5. The number of benzene rings is 7. The highest BCUT2D eigenvalue weighted by atomic mass is 32.1. The number of thiophene rings is 1. The Morgan fingerprint density at radius 1 is 0.558 bits per heavy atom. The van der Waals surface area contributed by atoms with Crippen LogP contribution >= 0.6 is 11.3 Å². The van der Waals surface area contributed by atoms with Crippen LogP contribution in [-0.2, 0) is 0 Å². The van der Waals surface area contributed by atoms with E-state index in [2.05, 4.69) is 164 Å². The van der Waals surface area contributed by atoms with Crippen molar-refractivity contribution in [3.05, 3.63) is 177 Å². The lowest BCUT2D eigenvalue weighted by atomic mass is 9.98. The van der Waals surface area contributed by atoms with Gasteiger partial charge in [-0.2, -0.15) is 0 Å². The summed E-state index contributed by atoms with van der Waals surface area (Å²) in [6, 6.07) is 51.0. The van der Waals surface area contributed by atoms with E-state index in [4.69, 9.17) is 4.42 Å². The molecule has 0 amide bonds. The van der Waals surface area contributed by atoms with Gasteiger partial charge in [-0.25, -0.2) is 0 Å². The van der Waals surface area contributed by atoms with Crippen molar-refractivity contribution in [3.63, 3.8) is 0 Å². The molecule has 0 bridgehead atoms. The standard InChI is InChI=1S/C42H23NOS.C4H6.C3H6/c1-3-13-35-28(9-1)33-21-25(15-19-36(33)43(35)27-17-18-30-29-10-2-4-14-38(29)45-39(30)23-27)26-16-20-37-34(22-26)41-31-11-5-7-24-8-6-12-32(40(24)31)42(41)44-37;1-3-4-2;1-3-2/h1-23H;3-4H,1-2H2;3H,1H2,2H3. The molecule has 0 unspecified atom stereocenters. The summed E-state index contributed by atoms with van der Waals surface area (Å²) >= 11 is 1.87. The van der Waals surface area contributed by atoms with Gasteiger partial charge >= 0.3 is 0 Å². The summed E-state index contributed by atoms with van der Waals surface area (Å²) in [7, 11) is 0. The van der Waals surface area contributed by atoms with Gasteiger partial charge in [-0.05, 0) is 77.5 Å². The number of rotatable bonds is 3. The van der Waals surface area contributed by atoms with E-state index in [1.54, 1.807) is 18.2 Å². The molecule has 3 heterocycles. The van der Waals surface area contributed by atoms with Crippen LogP contribution in [0, 0.1) is 0 Å². The SMILES string of the molecule is C=CC.C=CC=C.c1cc2c3c(cccc3c1)-c1c-2oc2ccc(-c3ccc4c(c3)c3ccccc3n4-c3ccc4c(c3)sc3ccccc34)cc12. The van der Waals surface area contributed by atoms with E-state index < -0.39 is 0 Å². The quantitative estimate of drug-likeness (QED) is 0.134. The molecule has 10 aromatic rings. The van der Waals surface area contributed by atoms with E-state index >= 15 is 0 Å². The van der Waals surface area contributed by atoms with Gasteiger partial charge in [0.25, 0.3) is 0 Å². The largest absolute Gasteiger partial charge is 0.455 e. The molecule has 2 nitrogen and oxygen atoms in total. The van der Waals surface area contributed by atoms with Gasteiger partial charge in [0.05, 0.1) is 11.0 Å². The molecular weight excluding hydrogens is 651 g/mol. The second kappa shape index (κ2) is 12.7. The Hall–Kier alpha value is -6.42. The van der Waals surface area contributed by atoms with Crippen molar-refractivity contribution in [1.82, 2.24) is 4.57 Å². The maximum Gasteiger partial charge on any atom is 0.143 e. The molecular formula is C49H35NOS. The third-order valence-electron chi connectivity index (χ3n) is 9.90. The van der Waals surface area contributed by atoms with Crippen molar-refractivity contribution in [1.29, 1.82) is 0 Å². The van der Waals surface area contributed by atoms with E-state index in [0.717, 1.165) is 11.3 Å². The Morgan fingerprint density at radius 2 is 1.21 bits per heavy atom. The highest BCUT2D eigenvalue weighted by Crippen LogP contribution is 2.52. The van der Waals surface area contributed by atoms with Crippen molar-refractivity contribution >= 4 is 75.1 Å². The number of aromatic nitrogens is 1. The molecule has 0 spiro atoms. The third-order valence-corrected chi connectivity index (χ3v) is 11.0. The maximum atomic E-state index is 6.50. The Kier molecular flexibility index (Phi) is 7.72. The monoisotopic (exact) mass is 685 g/mol. The molecule has 3 aromatic heterocycles. The number of nitrogens with zero attached hydrogens (tertiary/aromatic N) is 1. The molecule has 7 aromatic carbocycles. The Balaban J connectivity index is 0.000000478. The van der Waals surface area contributed by atoms with Crippen molar-refractivity contribution in [2.24, 2.45) is 0 Å². The Morgan fingerprint density at radius 3 is 2.00 bits per heavy atom. The number of allylic oxidation sites excluding steroid dienone is 3. The average molecular weight is 686 g/mol. The van der Waals surface area contributed by atoms with Crippen molar-refractivity contribution in [3.8, 4) is 39.3 Å². The fourth-order valence-corrected chi connectivity index (χ4v) is 8.90. The molecule has 0 atom stereocenters. The molecule has 0 radical (unpaired) electrons. The molecule has 0 saturated heterocycles. The predicted octanol–water partition coefficient (Wildman–Crippen LogP) is 14.9. The van der Waals surface area contributed by atoms with E-state index in [9.17, 15) is 0 Å². The highest BCUT2D eigenvalue weighted by molar-refractivity contribution is 7.25. The molecule has 11 rings (SSSR count). The Bertz CT molecular complexity index is 3030. The van der Waals surface area contributed by atoms with E-state index in [1.807, 2.05) is 18.3 Å². The van der Waals surface area contributed by atoms with Crippen molar-refractivity contribution < 1.29 is 4.42 Å². The number of fused-ring (bicyclic) bond motifs is 11. The number of para-hydroxylation sites is 1. The van der Waals surface area contributed by atoms with Crippen LogP contribution in [0.2, 0.25) is 0 Å². The first kappa shape index (κ1) is 31.6. The van der Waals surface area contributed by atoms with Gasteiger partial charge < -0.3 is 8.98 Å². The summed E-state index contributed by atoms with van der Waals surface area (Å²) in [5, 5.41) is 8.90. The van der Waals surface area contributed by atoms with Crippen LogP contribution in [0.1, 0.15) is 6.92 Å². The molecule has 248 valence electrons. The average Bonchev–Trinajstić information content (AvgIpc) is 3.93. The topological polar surface area (TPSA) is 18.1 Å². The van der Waals surface area contributed by atoms with Crippen LogP contribution in [-0.4, -0.2) is 4.57 Å². The second-order valence-electron chi connectivity index (χ2n) is 13.0. The molecule has 0 saturated carbocycles. The van der Waals surface area contributed by atoms with Gasteiger partial charge in [0.2, 0.25) is 0 Å². The first-order valence-corrected chi connectivity index (χ1v) is 18.3. The number of hydrogen-bond donors (Lipinski definition) is 0. The van der Waals surface area contributed by atoms with Gasteiger partial charge in [0.1, 0.15) is 11.3 Å². The first-order chi connectivity index (χ1) is 25.6. The molecule has 0 N–H and O–H groups in total. The van der Waals surface area contributed by atoms with Gasteiger partial charge in [-0.15, -0.1) is 17.9 Å². The molecule has 1 aliphatic carbocycles. The van der Waals surface area contributed by atoms with Crippen LogP contribution in [0.5, 0.6) is 0 Å². The second-order valence-corrected chi connectivity index (χ2v) is 14.1. The fraction of sp³-hybridized carbons (Fsp3) is 0.0204. The minimum absolute atomic E-state index is 0.935. The third kappa shape index (κ3) is 4.85. The number of furan rings is 1. The van der Waals surface area contributed by atoms with Crippen molar-refractivity contribution in [2.45, 2.75) is 6.92 Å². The van der Waals surface area contributed by atoms with Gasteiger partial charge in [0.15, 0.2) is 0 Å². The van der Waals surface area contributed by atoms with Crippen LogP contribution in [0.25, 0.3) is 103 Å². The zero-order valence-corrected chi connectivity index (χ0v) is 29.7. The minimum Gasteiger partial charge on any atom is -0.455 e. The van der Waals surface area contributed by atoms with E-state index in [-0.39, 0.29) is 0 Å². The zero-order chi connectivity index (χ0) is 35.3. The van der Waals surface area contributed by atoms with Gasteiger partial charge in [-0.1, -0.05) is 122 Å². The van der Waals surface area contributed by atoms with Crippen LogP contribution in [0.3, 0.4) is 0 Å². The highest BCUT2D eigenvalue weighted by Gasteiger charge is 2.27. The molecule has 1 aliphatic rings. The fourth-order valence-electron chi connectivity index (χ4n) is 7.76. The lowest BCUT2D eigenvalue weighted by Crippen LogP contribution is -1.93. The summed E-state index contributed by atoms with van der Waals surface area (Å²) in [6.07, 6.45) is 5.03. The maximum absolute atomic E-state index is 6.50. The van der Waals surface area contributed by atoms with Crippen molar-refractivity contribution in [2.75, 3.05) is 0 Å². The zero-order valence-electron chi connectivity index (χ0n) is 28.9. The predicted molar refractivity (Wildman–Crippen MR) is 227 cm³/mol. The minimum atomic E-state index is 0.935. The van der Waals surface area contributed by atoms with Crippen LogP contribution in [0.4, 0.5) is 0 Å². The lowest BCUT2D eigenvalue weighted by molar-refractivity contribution is 0.634. The normalized spacial score (nSPS) is 11.4. The Labute approximate surface area is 306 Å². The summed E-state index contributed by atoms with van der Waals surface area (Å²) in [6.45, 7) is 12.0. The van der Waals surface area contributed by atoms with Crippen LogP contribution < -0.4 is 0 Å².